The van der Waals surface area contributed by atoms with E-state index in [1.807, 2.05) is 55.6 Å². The molecule has 3 rings (SSSR count). The van der Waals surface area contributed by atoms with E-state index in [0.29, 0.717) is 6.54 Å². The maximum atomic E-state index is 12.8. The summed E-state index contributed by atoms with van der Waals surface area (Å²) >= 11 is 0. The van der Waals surface area contributed by atoms with Crippen molar-refractivity contribution in [2.75, 3.05) is 13.6 Å². The molecule has 0 saturated carbocycles. The number of hydrogen-bond acceptors (Lipinski definition) is 3. The van der Waals surface area contributed by atoms with Crippen LogP contribution in [-0.2, 0) is 22.1 Å². The van der Waals surface area contributed by atoms with Gasteiger partial charge in [0.2, 0.25) is 10.0 Å². The molecule has 0 amide bonds. The van der Waals surface area contributed by atoms with E-state index >= 15 is 0 Å². The topological polar surface area (TPSA) is 49.4 Å². The Morgan fingerprint density at radius 3 is 1.89 bits per heavy atom. The lowest BCUT2D eigenvalue weighted by Gasteiger charge is -2.39. The van der Waals surface area contributed by atoms with Crippen LogP contribution in [-0.4, -0.2) is 26.9 Å². The Balaban J connectivity index is 1.87. The van der Waals surface area contributed by atoms with Gasteiger partial charge in [0.15, 0.2) is 0 Å². The van der Waals surface area contributed by atoms with E-state index in [1.54, 1.807) is 30.3 Å². The van der Waals surface area contributed by atoms with Gasteiger partial charge in [-0.3, -0.25) is 4.90 Å². The van der Waals surface area contributed by atoms with Crippen LogP contribution in [0.3, 0.4) is 0 Å². The number of rotatable bonds is 8. The van der Waals surface area contributed by atoms with Gasteiger partial charge < -0.3 is 0 Å². The highest BCUT2D eigenvalue weighted by atomic mass is 32.2. The molecule has 4 nitrogen and oxygen atoms in total. The average Bonchev–Trinajstić information content (AvgIpc) is 2.74. The van der Waals surface area contributed by atoms with E-state index in [0.717, 1.165) is 5.56 Å². The molecule has 28 heavy (non-hydrogen) atoms. The predicted molar refractivity (Wildman–Crippen MR) is 113 cm³/mol. The number of benzene rings is 3. The smallest absolute Gasteiger partial charge is 0.240 e. The van der Waals surface area contributed by atoms with Gasteiger partial charge in [-0.25, -0.2) is 13.1 Å². The zero-order chi connectivity index (χ0) is 20.0. The highest BCUT2D eigenvalue weighted by molar-refractivity contribution is 7.89. The SMILES string of the molecule is CN(Cc1ccccc1)C(C)(CNS(=O)(=O)c1ccccc1)c1ccccc1. The first-order chi connectivity index (χ1) is 13.4. The number of likely N-dealkylation sites (N-methyl/N-ethyl adjacent to an activating group) is 1. The summed E-state index contributed by atoms with van der Waals surface area (Å²) in [6.45, 7) is 3.04. The summed E-state index contributed by atoms with van der Waals surface area (Å²) in [7, 11) is -1.56. The van der Waals surface area contributed by atoms with Crippen molar-refractivity contribution < 1.29 is 8.42 Å². The van der Waals surface area contributed by atoms with Gasteiger partial charge in [0, 0.05) is 13.1 Å². The van der Waals surface area contributed by atoms with Gasteiger partial charge in [0.05, 0.1) is 10.4 Å². The number of nitrogens with zero attached hydrogens (tertiary/aromatic N) is 1. The Morgan fingerprint density at radius 1 is 0.821 bits per heavy atom. The van der Waals surface area contributed by atoms with Gasteiger partial charge in [0.1, 0.15) is 0 Å². The van der Waals surface area contributed by atoms with Crippen molar-refractivity contribution in [2.24, 2.45) is 0 Å². The summed E-state index contributed by atoms with van der Waals surface area (Å²) in [6, 6.07) is 28.7. The summed E-state index contributed by atoms with van der Waals surface area (Å²) in [6.07, 6.45) is 0. The Bertz CT molecular complexity index is 977. The van der Waals surface area contributed by atoms with E-state index < -0.39 is 15.6 Å². The first kappa shape index (κ1) is 20.3. The first-order valence-electron chi connectivity index (χ1n) is 9.27. The third-order valence-corrected chi connectivity index (χ3v) is 6.58. The Morgan fingerprint density at radius 2 is 1.32 bits per heavy atom. The quantitative estimate of drug-likeness (QED) is 0.628. The fourth-order valence-corrected chi connectivity index (χ4v) is 4.36. The lowest BCUT2D eigenvalue weighted by molar-refractivity contribution is 0.132. The first-order valence-corrected chi connectivity index (χ1v) is 10.8. The monoisotopic (exact) mass is 394 g/mol. The fourth-order valence-electron chi connectivity index (χ4n) is 3.20. The molecule has 1 unspecified atom stereocenters. The number of sulfonamides is 1. The van der Waals surface area contributed by atoms with Gasteiger partial charge in [0.25, 0.3) is 0 Å². The summed E-state index contributed by atoms with van der Waals surface area (Å²) in [5.41, 5.74) is 1.72. The highest BCUT2D eigenvalue weighted by Crippen LogP contribution is 2.28. The van der Waals surface area contributed by atoms with E-state index in [1.165, 1.54) is 5.56 Å². The summed E-state index contributed by atoms with van der Waals surface area (Å²) in [4.78, 5) is 2.46. The van der Waals surface area contributed by atoms with E-state index in [4.69, 9.17) is 0 Å². The maximum Gasteiger partial charge on any atom is 0.240 e. The zero-order valence-corrected chi connectivity index (χ0v) is 17.1. The molecule has 146 valence electrons. The van der Waals surface area contributed by atoms with Crippen LogP contribution in [0.4, 0.5) is 0 Å². The molecule has 0 radical (unpaired) electrons. The molecule has 1 N–H and O–H groups in total. The minimum atomic E-state index is -3.58. The van der Waals surface area contributed by atoms with Gasteiger partial charge >= 0.3 is 0 Å². The highest BCUT2D eigenvalue weighted by Gasteiger charge is 2.33. The Labute approximate surface area is 167 Å². The molecule has 0 saturated heterocycles. The number of nitrogens with one attached hydrogen (secondary N) is 1. The van der Waals surface area contributed by atoms with E-state index in [9.17, 15) is 8.42 Å². The second-order valence-electron chi connectivity index (χ2n) is 7.12. The molecule has 3 aromatic carbocycles. The van der Waals surface area contributed by atoms with Gasteiger partial charge in [-0.1, -0.05) is 78.9 Å². The molecule has 0 aromatic heterocycles. The Hall–Kier alpha value is -2.47. The van der Waals surface area contributed by atoms with Crippen molar-refractivity contribution in [1.29, 1.82) is 0 Å². The third-order valence-electron chi connectivity index (χ3n) is 5.16. The van der Waals surface area contributed by atoms with Crippen LogP contribution in [0.25, 0.3) is 0 Å². The van der Waals surface area contributed by atoms with E-state index in [-0.39, 0.29) is 11.4 Å². The molecule has 0 heterocycles. The molecule has 0 fully saturated rings. The molecule has 0 bridgehead atoms. The summed E-state index contributed by atoms with van der Waals surface area (Å²) < 4.78 is 28.3. The van der Waals surface area contributed by atoms with Crippen LogP contribution in [0.1, 0.15) is 18.1 Å². The van der Waals surface area contributed by atoms with Gasteiger partial charge in [-0.15, -0.1) is 0 Å². The van der Waals surface area contributed by atoms with E-state index in [2.05, 4.69) is 28.7 Å². The minimum absolute atomic E-state index is 0.261. The molecule has 3 aromatic rings. The minimum Gasteiger partial charge on any atom is -0.291 e. The standard InChI is InChI=1S/C23H26N2O2S/c1-23(21-14-8-4-9-15-21,25(2)18-20-12-6-3-7-13-20)19-24-28(26,27)22-16-10-5-11-17-22/h3-17,24H,18-19H2,1-2H3. The van der Waals surface area contributed by atoms with Gasteiger partial charge in [-0.2, -0.15) is 0 Å². The van der Waals surface area contributed by atoms with Crippen LogP contribution < -0.4 is 4.72 Å². The molecule has 1 atom stereocenters. The van der Waals surface area contributed by atoms with Crippen molar-refractivity contribution in [1.82, 2.24) is 9.62 Å². The summed E-state index contributed by atoms with van der Waals surface area (Å²) in [5.74, 6) is 0. The normalized spacial score (nSPS) is 14.0. The zero-order valence-electron chi connectivity index (χ0n) is 16.2. The van der Waals surface area contributed by atoms with Gasteiger partial charge in [-0.05, 0) is 37.2 Å². The van der Waals surface area contributed by atoms with Crippen molar-refractivity contribution in [3.05, 3.63) is 102 Å². The third kappa shape index (κ3) is 4.68. The maximum absolute atomic E-state index is 12.8. The van der Waals surface area contributed by atoms with Crippen LogP contribution in [0, 0.1) is 0 Å². The number of hydrogen-bond donors (Lipinski definition) is 1. The molecule has 0 spiro atoms. The van der Waals surface area contributed by atoms with Crippen molar-refractivity contribution in [2.45, 2.75) is 23.9 Å². The molecule has 0 aliphatic heterocycles. The van der Waals surface area contributed by atoms with Crippen LogP contribution >= 0.6 is 0 Å². The second-order valence-corrected chi connectivity index (χ2v) is 8.89. The van der Waals surface area contributed by atoms with Crippen LogP contribution in [0.2, 0.25) is 0 Å². The Kier molecular flexibility index (Phi) is 6.29. The molecule has 0 aliphatic carbocycles. The fraction of sp³-hybridized carbons (Fsp3) is 0.217. The largest absolute Gasteiger partial charge is 0.291 e. The average molecular weight is 395 g/mol. The molecule has 5 heteroatoms. The van der Waals surface area contributed by atoms with Crippen molar-refractivity contribution >= 4 is 10.0 Å². The lowest BCUT2D eigenvalue weighted by Crippen LogP contribution is -2.49. The second kappa shape index (κ2) is 8.69. The predicted octanol–water partition coefficient (Wildman–Crippen LogP) is 4.01. The lowest BCUT2D eigenvalue weighted by atomic mass is 9.90. The molecular weight excluding hydrogens is 368 g/mol. The van der Waals surface area contributed by atoms with Crippen molar-refractivity contribution in [3.8, 4) is 0 Å². The van der Waals surface area contributed by atoms with Crippen molar-refractivity contribution in [3.63, 3.8) is 0 Å². The van der Waals surface area contributed by atoms with Crippen LogP contribution in [0.5, 0.6) is 0 Å². The van der Waals surface area contributed by atoms with Crippen LogP contribution in [0.15, 0.2) is 95.9 Å². The molecular formula is C23H26N2O2S. The summed E-state index contributed by atoms with van der Waals surface area (Å²) in [5, 5.41) is 0. The molecule has 0 aliphatic rings.